The van der Waals surface area contributed by atoms with E-state index in [4.69, 9.17) is 10.00 Å². The summed E-state index contributed by atoms with van der Waals surface area (Å²) < 4.78 is 64.7. The van der Waals surface area contributed by atoms with Gasteiger partial charge in [-0.2, -0.15) is 5.26 Å². The average molecular weight is 664 g/mol. The number of carbonyl (C=O) groups is 3. The molecule has 1 unspecified atom stereocenters. The number of halogens is 4. The lowest BCUT2D eigenvalue weighted by Gasteiger charge is -2.20. The molecule has 3 aromatic carbocycles. The monoisotopic (exact) mass is 663 g/mol. The largest absolute Gasteiger partial charge is 0.478 e. The summed E-state index contributed by atoms with van der Waals surface area (Å²) in [4.78, 5) is 40.7. The molecule has 0 saturated carbocycles. The van der Waals surface area contributed by atoms with Crippen LogP contribution in [0.2, 0.25) is 0 Å². The summed E-state index contributed by atoms with van der Waals surface area (Å²) in [5.41, 5.74) is -0.484. The summed E-state index contributed by atoms with van der Waals surface area (Å²) in [6, 6.07) is 14.2. The molecule has 1 fully saturated rings. The zero-order chi connectivity index (χ0) is 34.5. The van der Waals surface area contributed by atoms with Gasteiger partial charge in [0.1, 0.15) is 30.2 Å². The summed E-state index contributed by atoms with van der Waals surface area (Å²) in [5, 5.41) is 32.7. The van der Waals surface area contributed by atoms with E-state index in [1.54, 1.807) is 0 Å². The Hall–Kier alpha value is -6.17. The molecular weight excluding hydrogens is 638 g/mol. The topological polar surface area (TPSA) is 165 Å². The van der Waals surface area contributed by atoms with E-state index < -0.39 is 60.6 Å². The summed E-state index contributed by atoms with van der Waals surface area (Å²) in [6.45, 7) is -0.887. The van der Waals surface area contributed by atoms with Gasteiger partial charge in [-0.05, 0) is 48.5 Å². The molecule has 0 radical (unpaired) electrons. The molecule has 0 aliphatic carbocycles. The molecule has 4 N–H and O–H groups in total. The number of nitriles is 1. The van der Waals surface area contributed by atoms with Crippen molar-refractivity contribution in [3.05, 3.63) is 106 Å². The standard InChI is InChI=1S/C33H25F4N5O6/c34-22-8-17(13-38)4-5-19(22)16-48-31-3-1-2-26(41-31)21-12-23(35)20(9-24(21)36)11-30(43)40-27-7-6-18(32(44)45)10-28(27)39-29-15-42(33(46)47)14-25(29)37/h1-10,12,25,29,39H,11,14-16H2,(H,40,43)(H,44,45)(H,46,47)/t25-,29?/m1/s1. The first-order valence-corrected chi connectivity index (χ1v) is 14.2. The fourth-order valence-electron chi connectivity index (χ4n) is 4.98. The fraction of sp³-hybridized carbons (Fsp3) is 0.182. The van der Waals surface area contributed by atoms with Crippen LogP contribution < -0.4 is 15.4 Å². The van der Waals surface area contributed by atoms with E-state index in [1.165, 1.54) is 42.5 Å². The number of rotatable bonds is 10. The van der Waals surface area contributed by atoms with Crippen LogP contribution in [-0.4, -0.2) is 63.4 Å². The molecule has 2 heterocycles. The van der Waals surface area contributed by atoms with Crippen molar-refractivity contribution in [3.63, 3.8) is 0 Å². The number of nitrogens with one attached hydrogen (secondary N) is 2. The van der Waals surface area contributed by atoms with Crippen LogP contribution in [0.3, 0.4) is 0 Å². The third-order valence-electron chi connectivity index (χ3n) is 7.44. The van der Waals surface area contributed by atoms with Gasteiger partial charge in [0, 0.05) is 29.3 Å². The Bertz CT molecular complexity index is 1950. The van der Waals surface area contributed by atoms with Gasteiger partial charge in [-0.25, -0.2) is 32.1 Å². The Balaban J connectivity index is 1.29. The Morgan fingerprint density at radius 3 is 2.40 bits per heavy atom. The maximum absolute atomic E-state index is 15.2. The van der Waals surface area contributed by atoms with E-state index in [1.807, 2.05) is 6.07 Å². The highest BCUT2D eigenvalue weighted by atomic mass is 19.1. The van der Waals surface area contributed by atoms with Crippen LogP contribution in [0.4, 0.5) is 33.7 Å². The minimum atomic E-state index is -1.62. The predicted octanol–water partition coefficient (Wildman–Crippen LogP) is 5.61. The van der Waals surface area contributed by atoms with Gasteiger partial charge in [0.2, 0.25) is 11.8 Å². The van der Waals surface area contributed by atoms with Gasteiger partial charge in [0.15, 0.2) is 0 Å². The number of ether oxygens (including phenoxy) is 1. The van der Waals surface area contributed by atoms with Crippen LogP contribution in [-0.2, 0) is 17.8 Å². The fourth-order valence-corrected chi connectivity index (χ4v) is 4.98. The molecule has 2 atom stereocenters. The number of aromatic nitrogens is 1. The highest BCUT2D eigenvalue weighted by Gasteiger charge is 2.36. The zero-order valence-corrected chi connectivity index (χ0v) is 24.7. The number of likely N-dealkylation sites (tertiary alicyclic amines) is 1. The highest BCUT2D eigenvalue weighted by Crippen LogP contribution is 2.29. The second-order valence-corrected chi connectivity index (χ2v) is 10.7. The minimum Gasteiger partial charge on any atom is -0.478 e. The van der Waals surface area contributed by atoms with Crippen LogP contribution in [0.15, 0.2) is 66.7 Å². The number of carboxylic acid groups (broad SMARTS) is 2. The smallest absolute Gasteiger partial charge is 0.407 e. The predicted molar refractivity (Wildman–Crippen MR) is 163 cm³/mol. The lowest BCUT2D eigenvalue weighted by molar-refractivity contribution is -0.115. The quantitative estimate of drug-likeness (QED) is 0.158. The number of hydrogen-bond acceptors (Lipinski definition) is 7. The number of amides is 2. The number of benzene rings is 3. The molecule has 4 aromatic rings. The van der Waals surface area contributed by atoms with E-state index >= 15 is 8.78 Å². The van der Waals surface area contributed by atoms with Crippen molar-refractivity contribution < 1.29 is 46.9 Å². The molecule has 246 valence electrons. The average Bonchev–Trinajstić information content (AvgIpc) is 3.42. The Kier molecular flexibility index (Phi) is 9.74. The first-order chi connectivity index (χ1) is 22.9. The second-order valence-electron chi connectivity index (χ2n) is 10.7. The molecule has 0 spiro atoms. The minimum absolute atomic E-state index is 0.00498. The maximum Gasteiger partial charge on any atom is 0.407 e. The van der Waals surface area contributed by atoms with Crippen molar-refractivity contribution in [3.8, 4) is 23.2 Å². The lowest BCUT2D eigenvalue weighted by atomic mass is 10.0. The van der Waals surface area contributed by atoms with Crippen molar-refractivity contribution in [2.45, 2.75) is 25.2 Å². The number of nitrogens with zero attached hydrogens (tertiary/aromatic N) is 3. The third kappa shape index (κ3) is 7.61. The van der Waals surface area contributed by atoms with E-state index in [0.29, 0.717) is 0 Å². The Morgan fingerprint density at radius 1 is 0.938 bits per heavy atom. The van der Waals surface area contributed by atoms with Gasteiger partial charge >= 0.3 is 12.1 Å². The molecule has 15 heteroatoms. The molecule has 1 aliphatic heterocycles. The van der Waals surface area contributed by atoms with Crippen molar-refractivity contribution in [1.82, 2.24) is 9.88 Å². The van der Waals surface area contributed by atoms with E-state index in [2.05, 4.69) is 15.6 Å². The first-order valence-electron chi connectivity index (χ1n) is 14.2. The van der Waals surface area contributed by atoms with Gasteiger partial charge in [-0.3, -0.25) is 4.79 Å². The second kappa shape index (κ2) is 14.1. The summed E-state index contributed by atoms with van der Waals surface area (Å²) in [7, 11) is 0. The number of alkyl halides is 1. The lowest BCUT2D eigenvalue weighted by Crippen LogP contribution is -2.31. The van der Waals surface area contributed by atoms with Crippen molar-refractivity contribution in [2.24, 2.45) is 0 Å². The molecule has 2 amide bonds. The van der Waals surface area contributed by atoms with Crippen LogP contribution >= 0.6 is 0 Å². The van der Waals surface area contributed by atoms with E-state index in [9.17, 15) is 33.4 Å². The molecule has 5 rings (SSSR count). The first kappa shape index (κ1) is 33.2. The molecule has 11 nitrogen and oxygen atoms in total. The Labute approximate surface area is 270 Å². The molecule has 0 bridgehead atoms. The number of pyridine rings is 1. The summed E-state index contributed by atoms with van der Waals surface area (Å²) in [5.74, 6) is -4.63. The number of carbonyl (C=O) groups excluding carboxylic acids is 1. The summed E-state index contributed by atoms with van der Waals surface area (Å²) in [6.07, 6.45) is -3.60. The van der Waals surface area contributed by atoms with Crippen molar-refractivity contribution in [2.75, 3.05) is 23.7 Å². The molecule has 1 saturated heterocycles. The maximum atomic E-state index is 15.2. The van der Waals surface area contributed by atoms with Crippen LogP contribution in [0.1, 0.15) is 27.0 Å². The van der Waals surface area contributed by atoms with E-state index in [-0.39, 0.29) is 63.9 Å². The van der Waals surface area contributed by atoms with Gasteiger partial charge < -0.3 is 30.5 Å². The number of aromatic carboxylic acids is 1. The van der Waals surface area contributed by atoms with E-state index in [0.717, 1.165) is 29.2 Å². The van der Waals surface area contributed by atoms with Crippen LogP contribution in [0.5, 0.6) is 5.88 Å². The van der Waals surface area contributed by atoms with Crippen LogP contribution in [0.25, 0.3) is 11.3 Å². The number of carboxylic acids is 1. The molecular formula is C33H25F4N5O6. The van der Waals surface area contributed by atoms with Crippen molar-refractivity contribution >= 4 is 29.3 Å². The normalized spacial score (nSPS) is 15.4. The molecule has 1 aliphatic rings. The van der Waals surface area contributed by atoms with Crippen molar-refractivity contribution in [1.29, 1.82) is 5.26 Å². The molecule has 48 heavy (non-hydrogen) atoms. The van der Waals surface area contributed by atoms with Gasteiger partial charge in [0.25, 0.3) is 0 Å². The summed E-state index contributed by atoms with van der Waals surface area (Å²) >= 11 is 0. The van der Waals surface area contributed by atoms with Gasteiger partial charge in [-0.1, -0.05) is 12.1 Å². The third-order valence-corrected chi connectivity index (χ3v) is 7.44. The Morgan fingerprint density at radius 2 is 1.71 bits per heavy atom. The highest BCUT2D eigenvalue weighted by molar-refractivity contribution is 5.98. The SMILES string of the molecule is N#Cc1ccc(COc2cccc(-c3cc(F)c(CC(=O)Nc4ccc(C(=O)O)cc4NC4CN(C(=O)O)C[C@H]4F)cc3F)n2)c(F)c1. The molecule has 1 aromatic heterocycles. The number of hydrogen-bond donors (Lipinski definition) is 4. The number of anilines is 2. The van der Waals surface area contributed by atoms with Gasteiger partial charge in [0.05, 0.1) is 53.3 Å². The van der Waals surface area contributed by atoms with Crippen LogP contribution in [0, 0.1) is 28.8 Å². The van der Waals surface area contributed by atoms with Gasteiger partial charge in [-0.15, -0.1) is 0 Å². The zero-order valence-electron chi connectivity index (χ0n) is 24.7.